The Morgan fingerprint density at radius 3 is 2.65 bits per heavy atom. The fourth-order valence-corrected chi connectivity index (χ4v) is 1.26. The zero-order valence-corrected chi connectivity index (χ0v) is 8.84. The van der Waals surface area contributed by atoms with Gasteiger partial charge in [0.2, 0.25) is 0 Å². The summed E-state index contributed by atoms with van der Waals surface area (Å²) in [5.74, 6) is -2.33. The lowest BCUT2D eigenvalue weighted by Crippen LogP contribution is -2.17. The summed E-state index contributed by atoms with van der Waals surface area (Å²) in [4.78, 5) is 14.4. The molecular formula is C10H9F4NO2. The Morgan fingerprint density at radius 1 is 1.47 bits per heavy atom. The molecule has 0 atom stereocenters. The van der Waals surface area contributed by atoms with E-state index >= 15 is 0 Å². The normalized spacial score (nSPS) is 11.4. The van der Waals surface area contributed by atoms with Crippen molar-refractivity contribution in [1.29, 1.82) is 0 Å². The standard InChI is InChI=1S/C10H9F4NO2/c1-2-17-8(16)5-7-9(10(12,13)14)6(11)3-4-15-7/h3-4H,2,5H2,1H3. The molecule has 3 nitrogen and oxygen atoms in total. The Balaban J connectivity index is 3.08. The van der Waals surface area contributed by atoms with Gasteiger partial charge in [0.1, 0.15) is 11.4 Å². The predicted molar refractivity (Wildman–Crippen MR) is 49.5 cm³/mol. The van der Waals surface area contributed by atoms with Gasteiger partial charge in [-0.15, -0.1) is 0 Å². The Morgan fingerprint density at radius 2 is 2.12 bits per heavy atom. The fraction of sp³-hybridized carbons (Fsp3) is 0.400. The molecule has 0 bridgehead atoms. The molecular weight excluding hydrogens is 242 g/mol. The number of rotatable bonds is 3. The highest BCUT2D eigenvalue weighted by atomic mass is 19.4. The first-order valence-corrected chi connectivity index (χ1v) is 4.72. The summed E-state index contributed by atoms with van der Waals surface area (Å²) in [6.07, 6.45) is -4.72. The summed E-state index contributed by atoms with van der Waals surface area (Å²) in [6.45, 7) is 1.55. The van der Waals surface area contributed by atoms with Crippen molar-refractivity contribution in [3.05, 3.63) is 29.3 Å². The maximum absolute atomic E-state index is 13.1. The highest BCUT2D eigenvalue weighted by molar-refractivity contribution is 5.72. The van der Waals surface area contributed by atoms with Crippen LogP contribution >= 0.6 is 0 Å². The molecule has 0 saturated carbocycles. The van der Waals surface area contributed by atoms with Gasteiger partial charge in [0.25, 0.3) is 0 Å². The minimum atomic E-state index is -4.89. The van der Waals surface area contributed by atoms with Crippen LogP contribution in [0.5, 0.6) is 0 Å². The zero-order valence-electron chi connectivity index (χ0n) is 8.84. The molecule has 0 aliphatic heterocycles. The second-order valence-corrected chi connectivity index (χ2v) is 3.09. The van der Waals surface area contributed by atoms with E-state index in [1.54, 1.807) is 0 Å². The van der Waals surface area contributed by atoms with Gasteiger partial charge in [-0.25, -0.2) is 4.39 Å². The van der Waals surface area contributed by atoms with Gasteiger partial charge >= 0.3 is 12.1 Å². The second kappa shape index (κ2) is 5.11. The molecule has 0 aliphatic carbocycles. The van der Waals surface area contributed by atoms with E-state index < -0.39 is 35.6 Å². The third kappa shape index (κ3) is 3.40. The highest BCUT2D eigenvalue weighted by Gasteiger charge is 2.38. The van der Waals surface area contributed by atoms with Crippen molar-refractivity contribution < 1.29 is 27.1 Å². The first-order chi connectivity index (χ1) is 7.86. The second-order valence-electron chi connectivity index (χ2n) is 3.09. The lowest BCUT2D eigenvalue weighted by molar-refractivity contribution is -0.144. The molecule has 7 heteroatoms. The average Bonchev–Trinajstić information content (AvgIpc) is 2.15. The van der Waals surface area contributed by atoms with E-state index in [9.17, 15) is 22.4 Å². The van der Waals surface area contributed by atoms with Crippen LogP contribution in [0.25, 0.3) is 0 Å². The van der Waals surface area contributed by atoms with E-state index in [4.69, 9.17) is 0 Å². The minimum absolute atomic E-state index is 0.0372. The number of pyridine rings is 1. The summed E-state index contributed by atoms with van der Waals surface area (Å²) in [5.41, 5.74) is -2.19. The molecule has 0 unspecified atom stereocenters. The molecule has 0 spiro atoms. The maximum Gasteiger partial charge on any atom is 0.421 e. The minimum Gasteiger partial charge on any atom is -0.466 e. The Labute approximate surface area is 94.4 Å². The fourth-order valence-electron chi connectivity index (χ4n) is 1.26. The van der Waals surface area contributed by atoms with Crippen LogP contribution in [-0.2, 0) is 22.1 Å². The van der Waals surface area contributed by atoms with Gasteiger partial charge in [0.05, 0.1) is 18.7 Å². The number of carbonyl (C=O) groups is 1. The van der Waals surface area contributed by atoms with Crippen molar-refractivity contribution in [2.45, 2.75) is 19.5 Å². The molecule has 0 fully saturated rings. The largest absolute Gasteiger partial charge is 0.466 e. The number of ether oxygens (including phenoxy) is 1. The molecule has 0 N–H and O–H groups in total. The van der Waals surface area contributed by atoms with Crippen molar-refractivity contribution in [2.75, 3.05) is 6.61 Å². The molecule has 1 aromatic heterocycles. The van der Waals surface area contributed by atoms with Crippen LogP contribution in [0.3, 0.4) is 0 Å². The molecule has 1 heterocycles. The number of hydrogen-bond acceptors (Lipinski definition) is 3. The zero-order chi connectivity index (χ0) is 13.1. The molecule has 0 aliphatic rings. The quantitative estimate of drug-likeness (QED) is 0.611. The average molecular weight is 251 g/mol. The van der Waals surface area contributed by atoms with E-state index in [0.717, 1.165) is 6.20 Å². The Bertz CT molecular complexity index is 417. The summed E-state index contributed by atoms with van der Waals surface area (Å²) in [5, 5.41) is 0. The lowest BCUT2D eigenvalue weighted by Gasteiger charge is -2.12. The predicted octanol–water partition coefficient (Wildman–Crippen LogP) is 2.35. The number of carbonyl (C=O) groups excluding carboxylic acids is 1. The number of halogens is 4. The molecule has 17 heavy (non-hydrogen) atoms. The SMILES string of the molecule is CCOC(=O)Cc1nccc(F)c1C(F)(F)F. The number of aromatic nitrogens is 1. The van der Waals surface area contributed by atoms with E-state index in [2.05, 4.69) is 9.72 Å². The van der Waals surface area contributed by atoms with Crippen LogP contribution in [0, 0.1) is 5.82 Å². The van der Waals surface area contributed by atoms with Gasteiger partial charge in [0.15, 0.2) is 0 Å². The van der Waals surface area contributed by atoms with Crippen LogP contribution in [0.4, 0.5) is 17.6 Å². The molecule has 1 aromatic rings. The van der Waals surface area contributed by atoms with Crippen LogP contribution in [-0.4, -0.2) is 17.6 Å². The van der Waals surface area contributed by atoms with E-state index in [1.165, 1.54) is 6.92 Å². The van der Waals surface area contributed by atoms with Gasteiger partial charge in [-0.1, -0.05) is 0 Å². The third-order valence-electron chi connectivity index (χ3n) is 1.88. The van der Waals surface area contributed by atoms with Gasteiger partial charge in [-0.05, 0) is 13.0 Å². The lowest BCUT2D eigenvalue weighted by atomic mass is 10.1. The van der Waals surface area contributed by atoms with Crippen molar-refractivity contribution in [1.82, 2.24) is 4.98 Å². The molecule has 94 valence electrons. The first kappa shape index (κ1) is 13.4. The van der Waals surface area contributed by atoms with Crippen molar-refractivity contribution in [3.8, 4) is 0 Å². The van der Waals surface area contributed by atoms with Crippen LogP contribution in [0.2, 0.25) is 0 Å². The summed E-state index contributed by atoms with van der Waals surface area (Å²) in [7, 11) is 0. The number of hydrogen-bond donors (Lipinski definition) is 0. The van der Waals surface area contributed by atoms with Gasteiger partial charge < -0.3 is 4.74 Å². The van der Waals surface area contributed by atoms with Crippen LogP contribution in [0.1, 0.15) is 18.2 Å². The number of nitrogens with zero attached hydrogens (tertiary/aromatic N) is 1. The summed E-state index contributed by atoms with van der Waals surface area (Å²) in [6, 6.07) is 0.595. The summed E-state index contributed by atoms with van der Waals surface area (Å²) >= 11 is 0. The molecule has 1 rings (SSSR count). The van der Waals surface area contributed by atoms with Crippen LogP contribution < -0.4 is 0 Å². The van der Waals surface area contributed by atoms with Crippen molar-refractivity contribution in [2.24, 2.45) is 0 Å². The van der Waals surface area contributed by atoms with Gasteiger partial charge in [-0.2, -0.15) is 13.2 Å². The van der Waals surface area contributed by atoms with E-state index in [1.807, 2.05) is 0 Å². The van der Waals surface area contributed by atoms with Gasteiger partial charge in [-0.3, -0.25) is 9.78 Å². The van der Waals surface area contributed by atoms with E-state index in [-0.39, 0.29) is 6.61 Å². The van der Waals surface area contributed by atoms with E-state index in [0.29, 0.717) is 6.07 Å². The molecule has 0 radical (unpaired) electrons. The third-order valence-corrected chi connectivity index (χ3v) is 1.88. The molecule has 0 saturated heterocycles. The molecule has 0 amide bonds. The first-order valence-electron chi connectivity index (χ1n) is 4.72. The van der Waals surface area contributed by atoms with Crippen molar-refractivity contribution in [3.63, 3.8) is 0 Å². The molecule has 0 aromatic carbocycles. The van der Waals surface area contributed by atoms with Crippen LogP contribution in [0.15, 0.2) is 12.3 Å². The highest BCUT2D eigenvalue weighted by Crippen LogP contribution is 2.33. The summed E-state index contributed by atoms with van der Waals surface area (Å²) < 4.78 is 55.1. The number of esters is 1. The monoisotopic (exact) mass is 251 g/mol. The number of alkyl halides is 3. The Hall–Kier alpha value is -1.66. The van der Waals surface area contributed by atoms with Crippen molar-refractivity contribution >= 4 is 5.97 Å². The topological polar surface area (TPSA) is 39.2 Å². The maximum atomic E-state index is 13.1. The smallest absolute Gasteiger partial charge is 0.421 e. The van der Waals surface area contributed by atoms with Gasteiger partial charge in [0, 0.05) is 6.20 Å². The Kier molecular flexibility index (Phi) is 4.03.